The zero-order chi connectivity index (χ0) is 13.8. The van der Waals surface area contributed by atoms with Crippen LogP contribution in [0.3, 0.4) is 0 Å². The van der Waals surface area contributed by atoms with Crippen molar-refractivity contribution in [1.82, 2.24) is 14.8 Å². The minimum Gasteiger partial charge on any atom is -0.462 e. The molecule has 19 heavy (non-hydrogen) atoms. The molecule has 104 valence electrons. The predicted octanol–water partition coefficient (Wildman–Crippen LogP) is 2.39. The highest BCUT2D eigenvalue weighted by Crippen LogP contribution is 2.40. The van der Waals surface area contributed by atoms with Gasteiger partial charge in [-0.1, -0.05) is 17.8 Å². The Labute approximate surface area is 117 Å². The van der Waals surface area contributed by atoms with E-state index in [1.807, 2.05) is 24.5 Å². The average molecular weight is 281 g/mol. The van der Waals surface area contributed by atoms with E-state index in [9.17, 15) is 4.79 Å². The summed E-state index contributed by atoms with van der Waals surface area (Å²) in [7, 11) is 0. The number of thioether (sulfide) groups is 1. The SMILES string of the molecule is C=CCn1c(SCC(=O)OC(C)C)nnc1C1CC1. The van der Waals surface area contributed by atoms with Crippen molar-refractivity contribution in [2.24, 2.45) is 0 Å². The minimum absolute atomic E-state index is 0.0822. The molecule has 0 atom stereocenters. The Morgan fingerprint density at radius 1 is 1.58 bits per heavy atom. The second kappa shape index (κ2) is 6.23. The van der Waals surface area contributed by atoms with E-state index >= 15 is 0 Å². The number of carbonyl (C=O) groups excluding carboxylic acids is 1. The molecule has 1 aliphatic rings. The third-order valence-corrected chi connectivity index (χ3v) is 3.63. The van der Waals surface area contributed by atoms with E-state index in [4.69, 9.17) is 4.74 Å². The van der Waals surface area contributed by atoms with Gasteiger partial charge in [-0.15, -0.1) is 16.8 Å². The number of carbonyl (C=O) groups is 1. The summed E-state index contributed by atoms with van der Waals surface area (Å²) in [4.78, 5) is 11.5. The molecule has 2 rings (SSSR count). The Balaban J connectivity index is 1.99. The normalized spacial score (nSPS) is 14.7. The summed E-state index contributed by atoms with van der Waals surface area (Å²) in [5, 5.41) is 9.16. The van der Waals surface area contributed by atoms with Crippen LogP contribution in [0.1, 0.15) is 38.4 Å². The topological polar surface area (TPSA) is 57.0 Å². The van der Waals surface area contributed by atoms with Gasteiger partial charge < -0.3 is 9.30 Å². The molecule has 1 aliphatic carbocycles. The maximum absolute atomic E-state index is 11.5. The van der Waals surface area contributed by atoms with Gasteiger partial charge in [-0.05, 0) is 26.7 Å². The lowest BCUT2D eigenvalue weighted by molar-refractivity contribution is -0.144. The van der Waals surface area contributed by atoms with Crippen molar-refractivity contribution in [3.8, 4) is 0 Å². The largest absolute Gasteiger partial charge is 0.462 e. The highest BCUT2D eigenvalue weighted by atomic mass is 32.2. The first kappa shape index (κ1) is 14.1. The Morgan fingerprint density at radius 2 is 2.32 bits per heavy atom. The Hall–Kier alpha value is -1.30. The third kappa shape index (κ3) is 3.83. The minimum atomic E-state index is -0.221. The van der Waals surface area contributed by atoms with Gasteiger partial charge >= 0.3 is 5.97 Å². The van der Waals surface area contributed by atoms with Crippen molar-refractivity contribution in [2.75, 3.05) is 5.75 Å². The van der Waals surface area contributed by atoms with Crippen molar-refractivity contribution in [1.29, 1.82) is 0 Å². The summed E-state index contributed by atoms with van der Waals surface area (Å²) in [6.45, 7) is 8.12. The lowest BCUT2D eigenvalue weighted by atomic mass is 10.4. The van der Waals surface area contributed by atoms with Crippen LogP contribution in [0.4, 0.5) is 0 Å². The number of nitrogens with zero attached hydrogens (tertiary/aromatic N) is 3. The standard InChI is InChI=1S/C13H19N3O2S/c1-4-7-16-12(10-5-6-10)14-15-13(16)19-8-11(17)18-9(2)3/h4,9-10H,1,5-8H2,2-3H3. The molecule has 0 aromatic carbocycles. The lowest BCUT2D eigenvalue weighted by Gasteiger charge is -2.08. The second-order valence-corrected chi connectivity index (χ2v) is 5.78. The van der Waals surface area contributed by atoms with E-state index in [1.165, 1.54) is 24.6 Å². The molecule has 0 bridgehead atoms. The monoisotopic (exact) mass is 281 g/mol. The Morgan fingerprint density at radius 3 is 2.89 bits per heavy atom. The van der Waals surface area contributed by atoms with Gasteiger partial charge in [-0.2, -0.15) is 0 Å². The fourth-order valence-corrected chi connectivity index (χ4v) is 2.51. The number of hydrogen-bond donors (Lipinski definition) is 0. The third-order valence-electron chi connectivity index (χ3n) is 2.69. The highest BCUT2D eigenvalue weighted by molar-refractivity contribution is 7.99. The number of allylic oxidation sites excluding steroid dienone is 1. The van der Waals surface area contributed by atoms with Gasteiger partial charge in [0.05, 0.1) is 11.9 Å². The van der Waals surface area contributed by atoms with Gasteiger partial charge in [0.1, 0.15) is 5.82 Å². The van der Waals surface area contributed by atoms with E-state index in [1.54, 1.807) is 0 Å². The number of aromatic nitrogens is 3. The van der Waals surface area contributed by atoms with Crippen LogP contribution in [-0.4, -0.2) is 32.6 Å². The maximum Gasteiger partial charge on any atom is 0.316 e. The van der Waals surface area contributed by atoms with Crippen LogP contribution >= 0.6 is 11.8 Å². The van der Waals surface area contributed by atoms with Crippen molar-refractivity contribution in [3.63, 3.8) is 0 Å². The van der Waals surface area contributed by atoms with Crippen molar-refractivity contribution >= 4 is 17.7 Å². The van der Waals surface area contributed by atoms with E-state index < -0.39 is 0 Å². The summed E-state index contributed by atoms with van der Waals surface area (Å²) in [6.07, 6.45) is 4.09. The van der Waals surface area contributed by atoms with Gasteiger partial charge in [0.25, 0.3) is 0 Å². The first-order valence-electron chi connectivity index (χ1n) is 6.48. The quantitative estimate of drug-likeness (QED) is 0.436. The van der Waals surface area contributed by atoms with E-state index in [0.717, 1.165) is 11.0 Å². The van der Waals surface area contributed by atoms with E-state index in [2.05, 4.69) is 16.8 Å². The van der Waals surface area contributed by atoms with Crippen LogP contribution < -0.4 is 0 Å². The molecule has 1 saturated carbocycles. The smallest absolute Gasteiger partial charge is 0.316 e. The first-order chi connectivity index (χ1) is 9.11. The second-order valence-electron chi connectivity index (χ2n) is 4.84. The van der Waals surface area contributed by atoms with Crippen LogP contribution in [0.15, 0.2) is 17.8 Å². The van der Waals surface area contributed by atoms with E-state index in [-0.39, 0.29) is 17.8 Å². The molecule has 0 radical (unpaired) electrons. The summed E-state index contributed by atoms with van der Waals surface area (Å²) in [6, 6.07) is 0. The molecule has 0 aliphatic heterocycles. The molecule has 0 spiro atoms. The van der Waals surface area contributed by atoms with Crippen LogP contribution in [0.25, 0.3) is 0 Å². The first-order valence-corrected chi connectivity index (χ1v) is 7.46. The molecule has 1 aromatic rings. The summed E-state index contributed by atoms with van der Waals surface area (Å²) in [5.74, 6) is 1.59. The maximum atomic E-state index is 11.5. The summed E-state index contributed by atoms with van der Waals surface area (Å²) < 4.78 is 7.14. The van der Waals surface area contributed by atoms with E-state index in [0.29, 0.717) is 12.5 Å². The zero-order valence-corrected chi connectivity index (χ0v) is 12.2. The van der Waals surface area contributed by atoms with Gasteiger partial charge in [-0.25, -0.2) is 0 Å². The molecule has 1 heterocycles. The van der Waals surface area contributed by atoms with Gasteiger partial charge in [0.2, 0.25) is 0 Å². The molecule has 5 nitrogen and oxygen atoms in total. The fourth-order valence-electron chi connectivity index (χ4n) is 1.77. The molecule has 1 fully saturated rings. The molecular formula is C13H19N3O2S. The Kier molecular flexibility index (Phi) is 4.63. The number of hydrogen-bond acceptors (Lipinski definition) is 5. The highest BCUT2D eigenvalue weighted by Gasteiger charge is 2.30. The Bertz CT molecular complexity index is 466. The van der Waals surface area contributed by atoms with Crippen molar-refractivity contribution in [3.05, 3.63) is 18.5 Å². The van der Waals surface area contributed by atoms with Crippen LogP contribution in [0.5, 0.6) is 0 Å². The molecule has 0 unspecified atom stereocenters. The van der Waals surface area contributed by atoms with Crippen LogP contribution in [0, 0.1) is 0 Å². The molecule has 0 saturated heterocycles. The number of ether oxygens (including phenoxy) is 1. The van der Waals surface area contributed by atoms with Gasteiger partial charge in [0.15, 0.2) is 5.16 Å². The van der Waals surface area contributed by atoms with Gasteiger partial charge in [0, 0.05) is 12.5 Å². The zero-order valence-electron chi connectivity index (χ0n) is 11.3. The molecule has 0 N–H and O–H groups in total. The molecular weight excluding hydrogens is 262 g/mol. The predicted molar refractivity (Wildman–Crippen MR) is 74.1 cm³/mol. The summed E-state index contributed by atoms with van der Waals surface area (Å²) in [5.41, 5.74) is 0. The van der Waals surface area contributed by atoms with Crippen LogP contribution in [-0.2, 0) is 16.1 Å². The number of esters is 1. The average Bonchev–Trinajstić information content (AvgIpc) is 3.10. The molecule has 6 heteroatoms. The summed E-state index contributed by atoms with van der Waals surface area (Å²) >= 11 is 1.37. The molecule has 0 amide bonds. The van der Waals surface area contributed by atoms with Crippen molar-refractivity contribution in [2.45, 2.75) is 50.4 Å². The molecule has 1 aromatic heterocycles. The van der Waals surface area contributed by atoms with Gasteiger partial charge in [-0.3, -0.25) is 4.79 Å². The van der Waals surface area contributed by atoms with Crippen LogP contribution in [0.2, 0.25) is 0 Å². The van der Waals surface area contributed by atoms with Crippen molar-refractivity contribution < 1.29 is 9.53 Å². The fraction of sp³-hybridized carbons (Fsp3) is 0.615. The number of rotatable bonds is 7. The lowest BCUT2D eigenvalue weighted by Crippen LogP contribution is -2.14.